The number of ether oxygens (including phenoxy) is 2. The van der Waals surface area contributed by atoms with Gasteiger partial charge in [-0.05, 0) is 6.42 Å². The lowest BCUT2D eigenvalue weighted by Crippen LogP contribution is -2.17. The van der Waals surface area contributed by atoms with E-state index in [0.29, 0.717) is 0 Å². The van der Waals surface area contributed by atoms with Crippen molar-refractivity contribution >= 4 is 11.6 Å². The van der Waals surface area contributed by atoms with Crippen molar-refractivity contribution in [1.29, 1.82) is 0 Å². The summed E-state index contributed by atoms with van der Waals surface area (Å²) in [6.07, 6.45) is 0.733. The van der Waals surface area contributed by atoms with Crippen molar-refractivity contribution in [2.45, 2.75) is 18.1 Å². The van der Waals surface area contributed by atoms with E-state index in [4.69, 9.17) is 21.1 Å². The predicted octanol–water partition coefficient (Wildman–Crippen LogP) is 0.987. The molecule has 2 atom stereocenters. The lowest BCUT2D eigenvalue weighted by molar-refractivity contribution is -0.0862. The average molecular weight is 137 g/mol. The van der Waals surface area contributed by atoms with Gasteiger partial charge in [-0.25, -0.2) is 0 Å². The largest absolute Gasteiger partial charge is 0.354 e. The molecule has 3 heteroatoms. The SMILES string of the molecule is COC1OCCC1Cl. The van der Waals surface area contributed by atoms with Gasteiger partial charge in [0.05, 0.1) is 12.0 Å². The first-order valence-electron chi connectivity index (χ1n) is 2.63. The fourth-order valence-corrected chi connectivity index (χ4v) is 1.02. The highest BCUT2D eigenvalue weighted by molar-refractivity contribution is 6.21. The van der Waals surface area contributed by atoms with Gasteiger partial charge in [0, 0.05) is 7.11 Å². The number of alkyl halides is 1. The van der Waals surface area contributed by atoms with Gasteiger partial charge in [-0.15, -0.1) is 11.6 Å². The molecule has 0 aromatic heterocycles. The summed E-state index contributed by atoms with van der Waals surface area (Å²) in [7, 11) is 1.60. The van der Waals surface area contributed by atoms with Gasteiger partial charge in [0.1, 0.15) is 0 Å². The predicted molar refractivity (Wildman–Crippen MR) is 31.0 cm³/mol. The molecule has 1 rings (SSSR count). The summed E-state index contributed by atoms with van der Waals surface area (Å²) in [6.45, 7) is 0.729. The summed E-state index contributed by atoms with van der Waals surface area (Å²) in [6, 6.07) is 0. The van der Waals surface area contributed by atoms with E-state index in [-0.39, 0.29) is 11.7 Å². The zero-order valence-corrected chi connectivity index (χ0v) is 5.52. The quantitative estimate of drug-likeness (QED) is 0.501. The molecule has 0 aromatic rings. The third-order valence-electron chi connectivity index (χ3n) is 1.20. The molecule has 0 N–H and O–H groups in total. The molecule has 2 unspecified atom stereocenters. The molecule has 0 saturated carbocycles. The van der Waals surface area contributed by atoms with Crippen LogP contribution in [0.25, 0.3) is 0 Å². The van der Waals surface area contributed by atoms with Crippen LogP contribution in [0, 0.1) is 0 Å². The summed E-state index contributed by atoms with van der Waals surface area (Å²) in [5.41, 5.74) is 0. The van der Waals surface area contributed by atoms with Crippen LogP contribution in [0.1, 0.15) is 6.42 Å². The molecule has 1 aliphatic heterocycles. The van der Waals surface area contributed by atoms with Crippen molar-refractivity contribution in [1.82, 2.24) is 0 Å². The Labute approximate surface area is 53.7 Å². The van der Waals surface area contributed by atoms with Crippen LogP contribution in [-0.2, 0) is 9.47 Å². The minimum atomic E-state index is -0.170. The molecule has 0 aromatic carbocycles. The van der Waals surface area contributed by atoms with Crippen LogP contribution in [0.3, 0.4) is 0 Å². The third-order valence-corrected chi connectivity index (χ3v) is 1.63. The van der Waals surface area contributed by atoms with Crippen molar-refractivity contribution in [3.8, 4) is 0 Å². The van der Waals surface area contributed by atoms with Crippen molar-refractivity contribution in [2.24, 2.45) is 0 Å². The zero-order valence-electron chi connectivity index (χ0n) is 4.76. The van der Waals surface area contributed by atoms with Crippen molar-refractivity contribution in [3.05, 3.63) is 0 Å². The van der Waals surface area contributed by atoms with Crippen LogP contribution in [0.5, 0.6) is 0 Å². The molecule has 1 saturated heterocycles. The first kappa shape index (κ1) is 6.33. The van der Waals surface area contributed by atoms with Gasteiger partial charge in [-0.2, -0.15) is 0 Å². The Morgan fingerprint density at radius 3 is 2.75 bits per heavy atom. The van der Waals surface area contributed by atoms with Crippen molar-refractivity contribution in [3.63, 3.8) is 0 Å². The minimum absolute atomic E-state index is 0.0556. The van der Waals surface area contributed by atoms with Gasteiger partial charge in [0.2, 0.25) is 0 Å². The van der Waals surface area contributed by atoms with E-state index in [2.05, 4.69) is 0 Å². The molecule has 2 nitrogen and oxygen atoms in total. The Hall–Kier alpha value is 0.210. The number of halogens is 1. The van der Waals surface area contributed by atoms with Gasteiger partial charge >= 0.3 is 0 Å². The highest BCUT2D eigenvalue weighted by Gasteiger charge is 2.25. The number of hydrogen-bond donors (Lipinski definition) is 0. The van der Waals surface area contributed by atoms with Crippen LogP contribution in [0.15, 0.2) is 0 Å². The summed E-state index contributed by atoms with van der Waals surface area (Å²) >= 11 is 5.73. The molecule has 0 aliphatic carbocycles. The van der Waals surface area contributed by atoms with Gasteiger partial charge in [0.25, 0.3) is 0 Å². The molecule has 8 heavy (non-hydrogen) atoms. The lowest BCUT2D eigenvalue weighted by atomic mass is 10.3. The first-order chi connectivity index (χ1) is 3.84. The molecule has 0 spiro atoms. The van der Waals surface area contributed by atoms with Gasteiger partial charge in [-0.1, -0.05) is 0 Å². The second-order valence-electron chi connectivity index (χ2n) is 1.78. The topological polar surface area (TPSA) is 18.5 Å². The molecule has 0 amide bonds. The molecule has 0 radical (unpaired) electrons. The zero-order chi connectivity index (χ0) is 5.98. The maximum Gasteiger partial charge on any atom is 0.173 e. The van der Waals surface area contributed by atoms with E-state index in [1.54, 1.807) is 7.11 Å². The second kappa shape index (κ2) is 2.67. The van der Waals surface area contributed by atoms with E-state index < -0.39 is 0 Å². The Morgan fingerprint density at radius 2 is 2.50 bits per heavy atom. The summed E-state index contributed by atoms with van der Waals surface area (Å²) in [4.78, 5) is 0. The van der Waals surface area contributed by atoms with E-state index in [1.165, 1.54) is 0 Å². The lowest BCUT2D eigenvalue weighted by Gasteiger charge is -2.08. The fourth-order valence-electron chi connectivity index (χ4n) is 0.753. The fraction of sp³-hybridized carbons (Fsp3) is 1.00. The van der Waals surface area contributed by atoms with Crippen molar-refractivity contribution in [2.75, 3.05) is 13.7 Å². The highest BCUT2D eigenvalue weighted by atomic mass is 35.5. The van der Waals surface area contributed by atoms with Crippen LogP contribution >= 0.6 is 11.6 Å². The number of methoxy groups -OCH3 is 1. The normalized spacial score (nSPS) is 38.2. The third kappa shape index (κ3) is 1.13. The molecule has 48 valence electrons. The molecule has 1 aliphatic rings. The van der Waals surface area contributed by atoms with E-state index in [9.17, 15) is 0 Å². The Bertz CT molecular complexity index is 76.8. The summed E-state index contributed by atoms with van der Waals surface area (Å²) in [5, 5.41) is 0.0556. The van der Waals surface area contributed by atoms with Crippen LogP contribution in [-0.4, -0.2) is 25.4 Å². The Kier molecular flexibility index (Phi) is 2.11. The summed E-state index contributed by atoms with van der Waals surface area (Å²) in [5.74, 6) is 0. The van der Waals surface area contributed by atoms with E-state index in [1.807, 2.05) is 0 Å². The smallest absolute Gasteiger partial charge is 0.173 e. The standard InChI is InChI=1S/C5H9ClO2/c1-7-5-4(6)2-3-8-5/h4-5H,2-3H2,1H3. The number of rotatable bonds is 1. The van der Waals surface area contributed by atoms with Crippen molar-refractivity contribution < 1.29 is 9.47 Å². The monoisotopic (exact) mass is 136 g/mol. The molecule has 1 fully saturated rings. The molecule has 1 heterocycles. The summed E-state index contributed by atoms with van der Waals surface area (Å²) < 4.78 is 9.93. The highest BCUT2D eigenvalue weighted by Crippen LogP contribution is 2.18. The van der Waals surface area contributed by atoms with Gasteiger partial charge in [-0.3, -0.25) is 0 Å². The van der Waals surface area contributed by atoms with Crippen LogP contribution < -0.4 is 0 Å². The van der Waals surface area contributed by atoms with Gasteiger partial charge < -0.3 is 9.47 Å². The second-order valence-corrected chi connectivity index (χ2v) is 2.34. The Balaban J connectivity index is 2.30. The minimum Gasteiger partial charge on any atom is -0.354 e. The van der Waals surface area contributed by atoms with E-state index >= 15 is 0 Å². The van der Waals surface area contributed by atoms with Gasteiger partial charge in [0.15, 0.2) is 6.29 Å². The molecule has 0 bridgehead atoms. The first-order valence-corrected chi connectivity index (χ1v) is 3.06. The van der Waals surface area contributed by atoms with E-state index in [0.717, 1.165) is 13.0 Å². The molecular weight excluding hydrogens is 128 g/mol. The Morgan fingerprint density at radius 1 is 1.75 bits per heavy atom. The number of hydrogen-bond acceptors (Lipinski definition) is 2. The maximum atomic E-state index is 5.73. The average Bonchev–Trinajstić information content (AvgIpc) is 2.14. The maximum absolute atomic E-state index is 5.73. The van der Waals surface area contributed by atoms with Crippen LogP contribution in [0.4, 0.5) is 0 Å². The molecular formula is C5H9ClO2. The van der Waals surface area contributed by atoms with Crippen LogP contribution in [0.2, 0.25) is 0 Å².